The summed E-state index contributed by atoms with van der Waals surface area (Å²) in [4.78, 5) is 12.6. The Morgan fingerprint density at radius 1 is 1.08 bits per heavy atom. The van der Waals surface area contributed by atoms with Crippen LogP contribution >= 0.6 is 0 Å². The van der Waals surface area contributed by atoms with E-state index in [1.165, 1.54) is 4.57 Å². The number of fused-ring (bicyclic) bond motifs is 5. The molecule has 0 N–H and O–H groups in total. The average Bonchev–Trinajstić information content (AvgIpc) is 2.87. The maximum absolute atomic E-state index is 13.3. The van der Waals surface area contributed by atoms with E-state index < -0.39 is 35.2 Å². The SMILES string of the molecule is CC1(C)O[B-]2(OC1(C)C)c1cc(C(F)(F)F)cc(=O)n1-c1cccc[n+]12. The Balaban J connectivity index is 2.08. The summed E-state index contributed by atoms with van der Waals surface area (Å²) in [5.74, 6) is 0.412. The normalized spacial score (nSPS) is 21.7. The van der Waals surface area contributed by atoms with Crippen LogP contribution in [0.4, 0.5) is 13.2 Å². The molecule has 0 bridgehead atoms. The second-order valence-electron chi connectivity index (χ2n) is 7.73. The molecule has 0 amide bonds. The van der Waals surface area contributed by atoms with Gasteiger partial charge >= 0.3 is 18.4 Å². The fraction of sp³-hybridized carbons (Fsp3) is 0.412. The molecule has 0 atom stereocenters. The minimum absolute atomic E-state index is 0.0645. The lowest BCUT2D eigenvalue weighted by Gasteiger charge is -2.36. The standard InChI is InChI=1S/C17H18BF3N2O3/c1-15(2)16(3,4)26-18(25-15)12-9-11(17(19,20)21)10-14(24)23(12)13-7-5-6-8-22(13)18/h5-10H,1-4H3. The molecule has 0 saturated carbocycles. The summed E-state index contributed by atoms with van der Waals surface area (Å²) in [7, 11) is 0. The van der Waals surface area contributed by atoms with Crippen LogP contribution in [-0.2, 0) is 15.5 Å². The quantitative estimate of drug-likeness (QED) is 0.668. The smallest absolute Gasteiger partial charge is 0.516 e. The predicted molar refractivity (Wildman–Crippen MR) is 88.4 cm³/mol. The fourth-order valence-corrected chi connectivity index (χ4v) is 3.67. The lowest BCUT2D eigenvalue weighted by Crippen LogP contribution is -2.71. The van der Waals surface area contributed by atoms with Crippen molar-refractivity contribution in [2.75, 3.05) is 0 Å². The Kier molecular flexibility index (Phi) is 3.18. The Labute approximate surface area is 148 Å². The maximum atomic E-state index is 13.3. The molecule has 0 unspecified atom stereocenters. The highest BCUT2D eigenvalue weighted by molar-refractivity contribution is 6.74. The van der Waals surface area contributed by atoms with Crippen LogP contribution in [0.15, 0.2) is 41.3 Å². The lowest BCUT2D eigenvalue weighted by atomic mass is 9.67. The van der Waals surface area contributed by atoms with Crippen molar-refractivity contribution in [2.24, 2.45) is 0 Å². The zero-order valence-electron chi connectivity index (χ0n) is 14.8. The third kappa shape index (κ3) is 2.07. The minimum Gasteiger partial charge on any atom is -0.516 e. The van der Waals surface area contributed by atoms with E-state index in [1.807, 2.05) is 27.7 Å². The first-order valence-corrected chi connectivity index (χ1v) is 8.29. The van der Waals surface area contributed by atoms with Crippen molar-refractivity contribution in [1.29, 1.82) is 0 Å². The van der Waals surface area contributed by atoms with Crippen molar-refractivity contribution in [3.8, 4) is 5.82 Å². The molecule has 0 radical (unpaired) electrons. The molecular formula is C17H18BF3N2O3. The Hall–Kier alpha value is -2.13. The number of rotatable bonds is 0. The van der Waals surface area contributed by atoms with Crippen LogP contribution in [0, 0.1) is 0 Å². The molecule has 1 saturated heterocycles. The van der Waals surface area contributed by atoms with Gasteiger partial charge in [0.25, 0.3) is 0 Å². The Morgan fingerprint density at radius 2 is 1.69 bits per heavy atom. The number of hydrogen-bond donors (Lipinski definition) is 0. The summed E-state index contributed by atoms with van der Waals surface area (Å²) in [6, 6.07) is 6.63. The summed E-state index contributed by atoms with van der Waals surface area (Å²) in [6.07, 6.45) is -2.98. The van der Waals surface area contributed by atoms with Gasteiger partial charge in [-0.1, -0.05) is 6.07 Å². The average molecular weight is 366 g/mol. The van der Waals surface area contributed by atoms with Gasteiger partial charge in [-0.25, -0.2) is 4.79 Å². The predicted octanol–water partition coefficient (Wildman–Crippen LogP) is 1.76. The molecule has 5 nitrogen and oxygen atoms in total. The van der Waals surface area contributed by atoms with Crippen LogP contribution in [0.5, 0.6) is 0 Å². The molecule has 138 valence electrons. The topological polar surface area (TPSA) is 44.3 Å². The van der Waals surface area contributed by atoms with Gasteiger partial charge in [-0.15, -0.1) is 0 Å². The first kappa shape index (κ1) is 17.3. The summed E-state index contributed by atoms with van der Waals surface area (Å²) >= 11 is 0. The summed E-state index contributed by atoms with van der Waals surface area (Å²) in [5.41, 5.74) is -3.30. The molecule has 1 fully saturated rings. The second kappa shape index (κ2) is 4.78. The van der Waals surface area contributed by atoms with E-state index >= 15 is 0 Å². The number of aromatic nitrogens is 2. The number of halogens is 3. The second-order valence-corrected chi connectivity index (χ2v) is 7.73. The fourth-order valence-electron chi connectivity index (χ4n) is 3.67. The van der Waals surface area contributed by atoms with Gasteiger partial charge in [0.2, 0.25) is 5.82 Å². The van der Waals surface area contributed by atoms with E-state index in [0.29, 0.717) is 11.9 Å². The number of alkyl halides is 3. The van der Waals surface area contributed by atoms with E-state index in [9.17, 15) is 18.0 Å². The van der Waals surface area contributed by atoms with Gasteiger partial charge in [0.1, 0.15) is 0 Å². The highest BCUT2D eigenvalue weighted by atomic mass is 19.4. The summed E-state index contributed by atoms with van der Waals surface area (Å²) in [6.45, 7) is 4.78. The van der Waals surface area contributed by atoms with E-state index in [0.717, 1.165) is 6.07 Å². The van der Waals surface area contributed by atoms with Crippen LogP contribution in [0.1, 0.15) is 33.3 Å². The van der Waals surface area contributed by atoms with Gasteiger partial charge in [-0.05, 0) is 39.8 Å². The molecule has 9 heteroatoms. The van der Waals surface area contributed by atoms with Gasteiger partial charge < -0.3 is 13.8 Å². The van der Waals surface area contributed by atoms with E-state index in [2.05, 4.69) is 0 Å². The zero-order chi connectivity index (χ0) is 19.1. The third-order valence-corrected chi connectivity index (χ3v) is 5.58. The van der Waals surface area contributed by atoms with E-state index in [1.54, 1.807) is 28.9 Å². The number of hydrogen-bond acceptors (Lipinski definition) is 3. The van der Waals surface area contributed by atoms with Crippen molar-refractivity contribution in [2.45, 2.75) is 45.1 Å². The number of nitrogens with zero attached hydrogens (tertiary/aromatic N) is 2. The molecule has 4 heterocycles. The third-order valence-electron chi connectivity index (χ3n) is 5.58. The lowest BCUT2D eigenvalue weighted by molar-refractivity contribution is -0.560. The largest absolute Gasteiger partial charge is 0.521 e. The molecule has 4 rings (SSSR count). The van der Waals surface area contributed by atoms with Crippen LogP contribution < -0.4 is 15.6 Å². The number of pyridine rings is 2. The van der Waals surface area contributed by atoms with E-state index in [-0.39, 0.29) is 5.59 Å². The molecule has 2 aromatic heterocycles. The molecule has 2 aromatic rings. The Bertz CT molecular complexity index is 966. The van der Waals surface area contributed by atoms with Crippen molar-refractivity contribution in [3.63, 3.8) is 0 Å². The van der Waals surface area contributed by atoms with Gasteiger partial charge in [0.15, 0.2) is 0 Å². The van der Waals surface area contributed by atoms with Crippen LogP contribution in [0.3, 0.4) is 0 Å². The zero-order valence-corrected chi connectivity index (χ0v) is 14.8. The summed E-state index contributed by atoms with van der Waals surface area (Å²) < 4.78 is 55.3. The van der Waals surface area contributed by atoms with E-state index in [4.69, 9.17) is 9.31 Å². The monoisotopic (exact) mass is 366 g/mol. The van der Waals surface area contributed by atoms with Gasteiger partial charge in [0, 0.05) is 29.5 Å². The first-order valence-electron chi connectivity index (χ1n) is 8.29. The van der Waals surface area contributed by atoms with Gasteiger partial charge in [-0.2, -0.15) is 17.7 Å². The van der Waals surface area contributed by atoms with Crippen LogP contribution in [-0.4, -0.2) is 22.5 Å². The molecule has 2 aliphatic heterocycles. The van der Waals surface area contributed by atoms with Gasteiger partial charge in [-0.3, -0.25) is 0 Å². The van der Waals surface area contributed by atoms with Crippen molar-refractivity contribution >= 4 is 12.3 Å². The highest BCUT2D eigenvalue weighted by Gasteiger charge is 2.63. The molecule has 2 aliphatic rings. The highest BCUT2D eigenvalue weighted by Crippen LogP contribution is 2.41. The van der Waals surface area contributed by atoms with Crippen molar-refractivity contribution < 1.29 is 27.0 Å². The summed E-state index contributed by atoms with van der Waals surface area (Å²) in [5, 5.41) is 0. The minimum atomic E-state index is -4.64. The van der Waals surface area contributed by atoms with Crippen LogP contribution in [0.2, 0.25) is 0 Å². The van der Waals surface area contributed by atoms with Crippen molar-refractivity contribution in [3.05, 3.63) is 52.4 Å². The van der Waals surface area contributed by atoms with Crippen LogP contribution in [0.25, 0.3) is 5.82 Å². The first-order chi connectivity index (χ1) is 11.9. The Morgan fingerprint density at radius 3 is 2.27 bits per heavy atom. The molecule has 0 aromatic carbocycles. The molecule has 0 aliphatic carbocycles. The molecule has 1 spiro atoms. The molecule has 26 heavy (non-hydrogen) atoms. The van der Waals surface area contributed by atoms with Crippen molar-refractivity contribution in [1.82, 2.24) is 4.57 Å². The maximum Gasteiger partial charge on any atom is 0.521 e. The molecular weight excluding hydrogens is 348 g/mol. The van der Waals surface area contributed by atoms with Gasteiger partial charge in [0.05, 0.1) is 11.2 Å².